The SMILES string of the molecule is CCCCC[C@@H](O)/C=C/C=C\C=C\C=C\[C@@H](O)[C@@H](O)CCCC(=O)[O-]. The van der Waals surface area contributed by atoms with Gasteiger partial charge in [-0.2, -0.15) is 0 Å². The number of hydrogen-bond donors (Lipinski definition) is 3. The fourth-order valence-corrected chi connectivity index (χ4v) is 2.08. The Hall–Kier alpha value is -1.69. The average Bonchev–Trinajstić information content (AvgIpc) is 2.56. The second-order valence-corrected chi connectivity index (χ2v) is 5.92. The maximum Gasteiger partial charge on any atom is 0.0982 e. The van der Waals surface area contributed by atoms with Gasteiger partial charge in [-0.1, -0.05) is 74.8 Å². The first-order valence-corrected chi connectivity index (χ1v) is 8.89. The predicted octanol–water partition coefficient (Wildman–Crippen LogP) is 1.79. The molecule has 3 N–H and O–H groups in total. The molecule has 0 aromatic heterocycles. The number of aliphatic carboxylic acids is 1. The van der Waals surface area contributed by atoms with E-state index in [1.165, 1.54) is 6.08 Å². The van der Waals surface area contributed by atoms with Crippen molar-refractivity contribution in [2.45, 2.75) is 70.2 Å². The zero-order chi connectivity index (χ0) is 18.9. The first-order chi connectivity index (χ1) is 12.0. The van der Waals surface area contributed by atoms with Crippen LogP contribution in [0.2, 0.25) is 0 Å². The lowest BCUT2D eigenvalue weighted by molar-refractivity contribution is -0.305. The number of carboxylic acid groups (broad SMARTS) is 1. The first kappa shape index (κ1) is 23.3. The molecule has 0 aliphatic rings. The number of allylic oxidation sites excluding steroid dienone is 6. The van der Waals surface area contributed by atoms with Gasteiger partial charge in [-0.05, 0) is 25.7 Å². The standard InChI is InChI=1S/C20H32O5/c1-2-3-8-12-17(21)13-9-6-4-5-7-10-14-18(22)19(23)15-11-16-20(24)25/h4-7,9-10,13-14,17-19,21-23H,2-3,8,11-12,15-16H2,1H3,(H,24,25)/p-1/b6-4-,7-5+,13-9+,14-10+/t17-,18-,19+/m1/s1. The van der Waals surface area contributed by atoms with E-state index in [-0.39, 0.29) is 19.3 Å². The molecular weight excluding hydrogens is 320 g/mol. The molecule has 0 unspecified atom stereocenters. The van der Waals surface area contributed by atoms with Crippen molar-refractivity contribution in [1.82, 2.24) is 0 Å². The number of carbonyl (C=O) groups is 1. The summed E-state index contributed by atoms with van der Waals surface area (Å²) in [6, 6.07) is 0. The molecule has 5 nitrogen and oxygen atoms in total. The highest BCUT2D eigenvalue weighted by Crippen LogP contribution is 2.06. The number of hydrogen-bond acceptors (Lipinski definition) is 5. The summed E-state index contributed by atoms with van der Waals surface area (Å²) < 4.78 is 0. The minimum atomic E-state index is -1.16. The molecule has 0 aliphatic heterocycles. The Morgan fingerprint density at radius 3 is 2.08 bits per heavy atom. The minimum absolute atomic E-state index is 0.126. The summed E-state index contributed by atoms with van der Waals surface area (Å²) in [6.07, 6.45) is 15.7. The zero-order valence-electron chi connectivity index (χ0n) is 15.0. The summed E-state index contributed by atoms with van der Waals surface area (Å²) >= 11 is 0. The maximum absolute atomic E-state index is 10.3. The Labute approximate surface area is 150 Å². The normalized spacial score (nSPS) is 16.3. The third kappa shape index (κ3) is 15.6. The summed E-state index contributed by atoms with van der Waals surface area (Å²) in [6.45, 7) is 2.13. The van der Waals surface area contributed by atoms with Crippen molar-refractivity contribution >= 4 is 5.97 Å². The van der Waals surface area contributed by atoms with Gasteiger partial charge in [0.2, 0.25) is 0 Å². The van der Waals surface area contributed by atoms with E-state index in [4.69, 9.17) is 0 Å². The molecule has 0 heterocycles. The van der Waals surface area contributed by atoms with Gasteiger partial charge in [0.25, 0.3) is 0 Å². The maximum atomic E-state index is 10.3. The van der Waals surface area contributed by atoms with Crippen LogP contribution in [0.1, 0.15) is 51.9 Å². The smallest absolute Gasteiger partial charge is 0.0982 e. The van der Waals surface area contributed by atoms with Gasteiger partial charge in [0.05, 0.1) is 18.3 Å². The highest BCUT2D eigenvalue weighted by molar-refractivity contribution is 5.64. The van der Waals surface area contributed by atoms with Crippen LogP contribution in [0.15, 0.2) is 48.6 Å². The fraction of sp³-hybridized carbons (Fsp3) is 0.550. The molecule has 0 aliphatic carbocycles. The summed E-state index contributed by atoms with van der Waals surface area (Å²) in [5.41, 5.74) is 0. The number of rotatable bonds is 14. The number of aliphatic hydroxyl groups is 3. The highest BCUT2D eigenvalue weighted by Gasteiger charge is 2.11. The van der Waals surface area contributed by atoms with Crippen molar-refractivity contribution < 1.29 is 25.2 Å². The molecule has 0 saturated carbocycles. The molecule has 0 amide bonds. The van der Waals surface area contributed by atoms with E-state index < -0.39 is 24.3 Å². The Kier molecular flexibility index (Phi) is 14.7. The molecule has 25 heavy (non-hydrogen) atoms. The lowest BCUT2D eigenvalue weighted by atomic mass is 10.1. The van der Waals surface area contributed by atoms with Crippen LogP contribution < -0.4 is 5.11 Å². The lowest BCUT2D eigenvalue weighted by Gasteiger charge is -2.14. The third-order valence-electron chi connectivity index (χ3n) is 3.58. The van der Waals surface area contributed by atoms with Crippen molar-refractivity contribution in [3.05, 3.63) is 48.6 Å². The van der Waals surface area contributed by atoms with Crippen molar-refractivity contribution in [2.24, 2.45) is 0 Å². The molecule has 0 rings (SSSR count). The number of carboxylic acids is 1. The van der Waals surface area contributed by atoms with Crippen LogP contribution in [0.25, 0.3) is 0 Å². The van der Waals surface area contributed by atoms with Crippen LogP contribution in [-0.2, 0) is 4.79 Å². The fourth-order valence-electron chi connectivity index (χ4n) is 2.08. The van der Waals surface area contributed by atoms with Crippen LogP contribution >= 0.6 is 0 Å². The molecule has 0 saturated heterocycles. The summed E-state index contributed by atoms with van der Waals surface area (Å²) in [4.78, 5) is 10.3. The Morgan fingerprint density at radius 2 is 1.48 bits per heavy atom. The number of unbranched alkanes of at least 4 members (excludes halogenated alkanes) is 2. The number of aliphatic hydroxyl groups excluding tert-OH is 3. The third-order valence-corrected chi connectivity index (χ3v) is 3.58. The minimum Gasteiger partial charge on any atom is -0.550 e. The van der Waals surface area contributed by atoms with Gasteiger partial charge in [0.15, 0.2) is 0 Å². The molecule has 0 fully saturated rings. The van der Waals surface area contributed by atoms with Crippen molar-refractivity contribution in [1.29, 1.82) is 0 Å². The Morgan fingerprint density at radius 1 is 0.880 bits per heavy atom. The summed E-state index contributed by atoms with van der Waals surface area (Å²) in [5.74, 6) is -1.16. The van der Waals surface area contributed by atoms with E-state index in [1.54, 1.807) is 42.5 Å². The van der Waals surface area contributed by atoms with Gasteiger partial charge in [-0.25, -0.2) is 0 Å². The second kappa shape index (κ2) is 15.8. The topological polar surface area (TPSA) is 101 Å². The van der Waals surface area contributed by atoms with Crippen LogP contribution in [0.4, 0.5) is 0 Å². The molecule has 142 valence electrons. The van der Waals surface area contributed by atoms with E-state index >= 15 is 0 Å². The monoisotopic (exact) mass is 351 g/mol. The van der Waals surface area contributed by atoms with Gasteiger partial charge in [-0.15, -0.1) is 0 Å². The van der Waals surface area contributed by atoms with Crippen molar-refractivity contribution in [2.75, 3.05) is 0 Å². The van der Waals surface area contributed by atoms with Crippen LogP contribution in [-0.4, -0.2) is 39.6 Å². The molecule has 3 atom stereocenters. The van der Waals surface area contributed by atoms with E-state index in [9.17, 15) is 25.2 Å². The second-order valence-electron chi connectivity index (χ2n) is 5.92. The van der Waals surface area contributed by atoms with E-state index in [1.807, 2.05) is 0 Å². The van der Waals surface area contributed by atoms with Gasteiger partial charge in [-0.3, -0.25) is 0 Å². The van der Waals surface area contributed by atoms with E-state index in [2.05, 4.69) is 6.92 Å². The van der Waals surface area contributed by atoms with E-state index in [0.29, 0.717) is 0 Å². The Balaban J connectivity index is 3.97. The van der Waals surface area contributed by atoms with Gasteiger partial charge >= 0.3 is 0 Å². The first-order valence-electron chi connectivity index (χ1n) is 8.89. The lowest BCUT2D eigenvalue weighted by Crippen LogP contribution is -2.26. The molecule has 0 aromatic rings. The largest absolute Gasteiger partial charge is 0.550 e. The highest BCUT2D eigenvalue weighted by atomic mass is 16.4. The number of carbonyl (C=O) groups excluding carboxylic acids is 1. The summed E-state index contributed by atoms with van der Waals surface area (Å²) in [5, 5.41) is 39.3. The molecular formula is C20H31O5-. The quantitative estimate of drug-likeness (QED) is 0.327. The average molecular weight is 351 g/mol. The zero-order valence-corrected chi connectivity index (χ0v) is 15.0. The molecule has 0 radical (unpaired) electrons. The van der Waals surface area contributed by atoms with E-state index in [0.717, 1.165) is 25.7 Å². The van der Waals surface area contributed by atoms with Crippen LogP contribution in [0.3, 0.4) is 0 Å². The molecule has 0 bridgehead atoms. The van der Waals surface area contributed by atoms with Crippen molar-refractivity contribution in [3.63, 3.8) is 0 Å². The molecule has 0 aromatic carbocycles. The predicted molar refractivity (Wildman–Crippen MR) is 97.6 cm³/mol. The summed E-state index contributed by atoms with van der Waals surface area (Å²) in [7, 11) is 0. The van der Waals surface area contributed by atoms with Crippen molar-refractivity contribution in [3.8, 4) is 0 Å². The van der Waals surface area contributed by atoms with Crippen LogP contribution in [0.5, 0.6) is 0 Å². The molecule has 5 heteroatoms. The molecule has 0 spiro atoms. The van der Waals surface area contributed by atoms with Gasteiger partial charge in [0.1, 0.15) is 0 Å². The van der Waals surface area contributed by atoms with Gasteiger partial charge in [0, 0.05) is 5.97 Å². The van der Waals surface area contributed by atoms with Crippen LogP contribution in [0, 0.1) is 0 Å². The Bertz CT molecular complexity index is 451. The van der Waals surface area contributed by atoms with Gasteiger partial charge < -0.3 is 25.2 Å².